The molecular weight excluding hydrogens is 320 g/mol. The van der Waals surface area contributed by atoms with Crippen LogP contribution in [0.5, 0.6) is 0 Å². The number of H-pyrrole nitrogens is 1. The van der Waals surface area contributed by atoms with E-state index in [4.69, 9.17) is 9.15 Å². The molecule has 0 spiro atoms. The second-order valence-corrected chi connectivity index (χ2v) is 5.60. The number of carbonyl (C=O) groups excluding carboxylic acids is 1. The third kappa shape index (κ3) is 2.42. The van der Waals surface area contributed by atoms with E-state index in [1.165, 1.54) is 19.3 Å². The maximum absolute atomic E-state index is 12.3. The number of ketones is 1. The van der Waals surface area contributed by atoms with Gasteiger partial charge >= 0.3 is 5.69 Å². The summed E-state index contributed by atoms with van der Waals surface area (Å²) in [7, 11) is 0. The molecule has 2 aromatic heterocycles. The third-order valence-electron chi connectivity index (χ3n) is 4.11. The molecule has 3 N–H and O–H groups in total. The molecule has 0 bridgehead atoms. The fraction of sp³-hybridized carbons (Fsp3) is 0.400. The molecule has 24 heavy (non-hydrogen) atoms. The molecule has 0 amide bonds. The van der Waals surface area contributed by atoms with Gasteiger partial charge in [0.05, 0.1) is 24.5 Å². The Morgan fingerprint density at radius 2 is 2.25 bits per heavy atom. The number of nitrogens with zero attached hydrogens (tertiary/aromatic N) is 1. The second-order valence-electron chi connectivity index (χ2n) is 5.60. The average Bonchev–Trinajstić information content (AvgIpc) is 3.15. The number of hydrogen-bond donors (Lipinski definition) is 3. The third-order valence-corrected chi connectivity index (χ3v) is 4.11. The lowest BCUT2D eigenvalue weighted by molar-refractivity contribution is -0.160. The number of rotatable bonds is 4. The van der Waals surface area contributed by atoms with E-state index in [0.717, 1.165) is 10.8 Å². The van der Waals surface area contributed by atoms with E-state index < -0.39 is 41.6 Å². The Labute approximate surface area is 135 Å². The maximum Gasteiger partial charge on any atom is 0.331 e. The quantitative estimate of drug-likeness (QED) is 0.664. The van der Waals surface area contributed by atoms with Gasteiger partial charge in [-0.2, -0.15) is 0 Å². The summed E-state index contributed by atoms with van der Waals surface area (Å²) in [5, 5.41) is 19.2. The molecule has 2 aromatic rings. The van der Waals surface area contributed by atoms with Crippen molar-refractivity contribution < 1.29 is 24.2 Å². The molecule has 0 aliphatic carbocycles. The SMILES string of the molecule is CC(=O)[C@]1(n2cc(-c3ccco3)c(=O)[nH]c2=O)C[C@H](O)[C@@H](CO)O1. The van der Waals surface area contributed by atoms with E-state index in [0.29, 0.717) is 0 Å². The second kappa shape index (κ2) is 5.86. The van der Waals surface area contributed by atoms with Crippen LogP contribution in [0, 0.1) is 0 Å². The van der Waals surface area contributed by atoms with Gasteiger partial charge in [-0.05, 0) is 19.1 Å². The zero-order valence-corrected chi connectivity index (χ0v) is 12.8. The van der Waals surface area contributed by atoms with Gasteiger partial charge in [0.2, 0.25) is 5.72 Å². The van der Waals surface area contributed by atoms with Crippen molar-refractivity contribution in [2.24, 2.45) is 0 Å². The Morgan fingerprint density at radius 1 is 1.50 bits per heavy atom. The van der Waals surface area contributed by atoms with E-state index in [1.807, 2.05) is 0 Å². The molecule has 128 valence electrons. The molecule has 3 atom stereocenters. The first kappa shape index (κ1) is 16.4. The maximum atomic E-state index is 12.3. The van der Waals surface area contributed by atoms with Crippen molar-refractivity contribution in [1.29, 1.82) is 0 Å². The predicted molar refractivity (Wildman–Crippen MR) is 80.3 cm³/mol. The largest absolute Gasteiger partial charge is 0.464 e. The molecule has 1 aliphatic rings. The number of nitrogens with one attached hydrogen (secondary N) is 1. The molecular formula is C15H16N2O7. The summed E-state index contributed by atoms with van der Waals surface area (Å²) in [5.74, 6) is -0.335. The number of aromatic nitrogens is 2. The van der Waals surface area contributed by atoms with Gasteiger partial charge in [0, 0.05) is 12.6 Å². The van der Waals surface area contributed by atoms with Crippen molar-refractivity contribution in [2.45, 2.75) is 31.3 Å². The van der Waals surface area contributed by atoms with Gasteiger partial charge in [-0.3, -0.25) is 19.1 Å². The van der Waals surface area contributed by atoms with E-state index >= 15 is 0 Å². The standard InChI is InChI=1S/C15H16N2O7/c1-8(19)15(5-10(20)12(7-18)24-15)17-6-9(11-3-2-4-23-11)13(21)16-14(17)22/h2-4,6,10,12,18,20H,5,7H2,1H3,(H,16,21,22)/t10-,12+,15-/m0/s1. The van der Waals surface area contributed by atoms with Crippen molar-refractivity contribution in [3.05, 3.63) is 45.4 Å². The van der Waals surface area contributed by atoms with Crippen LogP contribution in [-0.4, -0.2) is 44.4 Å². The average molecular weight is 336 g/mol. The van der Waals surface area contributed by atoms with Gasteiger partial charge < -0.3 is 19.4 Å². The van der Waals surface area contributed by atoms with Crippen LogP contribution in [-0.2, 0) is 15.3 Å². The highest BCUT2D eigenvalue weighted by Crippen LogP contribution is 2.35. The zero-order valence-electron chi connectivity index (χ0n) is 12.8. The van der Waals surface area contributed by atoms with Crippen LogP contribution in [0.1, 0.15) is 13.3 Å². The van der Waals surface area contributed by atoms with E-state index in [-0.39, 0.29) is 17.7 Å². The molecule has 9 nitrogen and oxygen atoms in total. The first-order valence-corrected chi connectivity index (χ1v) is 7.27. The molecule has 1 fully saturated rings. The lowest BCUT2D eigenvalue weighted by atomic mass is 10.0. The summed E-state index contributed by atoms with van der Waals surface area (Å²) >= 11 is 0. The van der Waals surface area contributed by atoms with Crippen LogP contribution in [0.25, 0.3) is 11.3 Å². The molecule has 0 unspecified atom stereocenters. The normalized spacial score (nSPS) is 26.6. The minimum absolute atomic E-state index is 0.0331. The summed E-state index contributed by atoms with van der Waals surface area (Å²) in [6.07, 6.45) is 0.151. The summed E-state index contributed by atoms with van der Waals surface area (Å²) in [4.78, 5) is 38.6. The molecule has 0 aromatic carbocycles. The predicted octanol–water partition coefficient (Wildman–Crippen LogP) is -0.820. The van der Waals surface area contributed by atoms with Crippen molar-refractivity contribution in [3.63, 3.8) is 0 Å². The molecule has 3 rings (SSSR count). The van der Waals surface area contributed by atoms with Gasteiger partial charge in [0.1, 0.15) is 11.9 Å². The number of carbonyl (C=O) groups is 1. The highest BCUT2D eigenvalue weighted by molar-refractivity contribution is 5.83. The summed E-state index contributed by atoms with van der Waals surface area (Å²) < 4.78 is 11.6. The van der Waals surface area contributed by atoms with Crippen molar-refractivity contribution in [1.82, 2.24) is 9.55 Å². The molecule has 0 radical (unpaired) electrons. The van der Waals surface area contributed by atoms with Crippen molar-refractivity contribution in [2.75, 3.05) is 6.61 Å². The van der Waals surface area contributed by atoms with Crippen LogP contribution in [0.3, 0.4) is 0 Å². The topological polar surface area (TPSA) is 135 Å². The smallest absolute Gasteiger partial charge is 0.331 e. The van der Waals surface area contributed by atoms with Gasteiger partial charge in [-0.25, -0.2) is 4.79 Å². The van der Waals surface area contributed by atoms with Crippen molar-refractivity contribution in [3.8, 4) is 11.3 Å². The molecule has 3 heterocycles. The molecule has 1 saturated heterocycles. The Hall–Kier alpha value is -2.49. The van der Waals surface area contributed by atoms with Crippen molar-refractivity contribution >= 4 is 5.78 Å². The number of aliphatic hydroxyl groups excluding tert-OH is 2. The van der Waals surface area contributed by atoms with E-state index in [9.17, 15) is 24.6 Å². The van der Waals surface area contributed by atoms with E-state index in [2.05, 4.69) is 4.98 Å². The Kier molecular flexibility index (Phi) is 3.99. The molecule has 9 heteroatoms. The van der Waals surface area contributed by atoms with E-state index in [1.54, 1.807) is 6.07 Å². The molecule has 1 aliphatic heterocycles. The van der Waals surface area contributed by atoms with Crippen LogP contribution >= 0.6 is 0 Å². The Bertz CT molecular complexity index is 867. The van der Waals surface area contributed by atoms with Gasteiger partial charge in [-0.15, -0.1) is 0 Å². The fourth-order valence-electron chi connectivity index (χ4n) is 2.85. The van der Waals surface area contributed by atoms with Crippen LogP contribution in [0.15, 0.2) is 38.6 Å². The Morgan fingerprint density at radius 3 is 2.79 bits per heavy atom. The zero-order chi connectivity index (χ0) is 17.5. The summed E-state index contributed by atoms with van der Waals surface area (Å²) in [6, 6.07) is 3.10. The number of ether oxygens (including phenoxy) is 1. The number of aromatic amines is 1. The first-order valence-electron chi connectivity index (χ1n) is 7.27. The van der Waals surface area contributed by atoms with Gasteiger partial charge in [-0.1, -0.05) is 0 Å². The lowest BCUT2D eigenvalue weighted by Crippen LogP contribution is -2.49. The lowest BCUT2D eigenvalue weighted by Gasteiger charge is -2.28. The van der Waals surface area contributed by atoms with Crippen LogP contribution < -0.4 is 11.2 Å². The number of aliphatic hydroxyl groups is 2. The summed E-state index contributed by atoms with van der Waals surface area (Å²) in [6.45, 7) is 0.690. The highest BCUT2D eigenvalue weighted by atomic mass is 16.6. The summed E-state index contributed by atoms with van der Waals surface area (Å²) in [5.41, 5.74) is -3.32. The molecule has 0 saturated carbocycles. The van der Waals surface area contributed by atoms with Crippen LogP contribution in [0.2, 0.25) is 0 Å². The fourth-order valence-corrected chi connectivity index (χ4v) is 2.85. The number of hydrogen-bond acceptors (Lipinski definition) is 7. The number of Topliss-reactive ketones (excluding diaryl/α,β-unsaturated/α-hetero) is 1. The monoisotopic (exact) mass is 336 g/mol. The van der Waals surface area contributed by atoms with Gasteiger partial charge in [0.15, 0.2) is 5.78 Å². The number of furan rings is 1. The first-order chi connectivity index (χ1) is 11.4. The highest BCUT2D eigenvalue weighted by Gasteiger charge is 2.51. The minimum atomic E-state index is -1.81. The van der Waals surface area contributed by atoms with Gasteiger partial charge in [0.25, 0.3) is 5.56 Å². The minimum Gasteiger partial charge on any atom is -0.464 e. The Balaban J connectivity index is 2.20. The van der Waals surface area contributed by atoms with Crippen LogP contribution in [0.4, 0.5) is 0 Å².